The second-order valence-electron chi connectivity index (χ2n) is 4.56. The Morgan fingerprint density at radius 2 is 1.90 bits per heavy atom. The van der Waals surface area contributed by atoms with Crippen LogP contribution in [0, 0.1) is 5.82 Å². The van der Waals surface area contributed by atoms with Crippen molar-refractivity contribution in [3.05, 3.63) is 65.5 Å². The van der Waals surface area contributed by atoms with Gasteiger partial charge in [0.15, 0.2) is 0 Å². The standard InChI is InChI=1S/C16H17FN2S/c1-2-19(15-5-3-4-14(17)10-15)11-12-6-8-13(9-7-12)16(18)20/h3-10H,2,11H2,1H3,(H2,18,20). The summed E-state index contributed by atoms with van der Waals surface area (Å²) in [7, 11) is 0. The maximum atomic E-state index is 13.3. The van der Waals surface area contributed by atoms with Crippen molar-refractivity contribution in [1.82, 2.24) is 0 Å². The Morgan fingerprint density at radius 3 is 2.45 bits per heavy atom. The van der Waals surface area contributed by atoms with Crippen LogP contribution in [0.2, 0.25) is 0 Å². The zero-order chi connectivity index (χ0) is 14.5. The molecular formula is C16H17FN2S. The van der Waals surface area contributed by atoms with E-state index in [0.29, 0.717) is 4.99 Å². The molecule has 0 unspecified atom stereocenters. The maximum Gasteiger partial charge on any atom is 0.125 e. The third kappa shape index (κ3) is 3.54. The largest absolute Gasteiger partial charge is 0.389 e. The third-order valence-corrected chi connectivity index (χ3v) is 3.40. The first-order valence-corrected chi connectivity index (χ1v) is 6.90. The molecule has 0 radical (unpaired) electrons. The quantitative estimate of drug-likeness (QED) is 0.854. The second-order valence-corrected chi connectivity index (χ2v) is 5.00. The topological polar surface area (TPSA) is 29.3 Å². The van der Waals surface area contributed by atoms with Crippen molar-refractivity contribution in [1.29, 1.82) is 0 Å². The van der Waals surface area contributed by atoms with Crippen LogP contribution in [-0.4, -0.2) is 11.5 Å². The minimum Gasteiger partial charge on any atom is -0.389 e. The van der Waals surface area contributed by atoms with E-state index in [-0.39, 0.29) is 5.82 Å². The van der Waals surface area contributed by atoms with Gasteiger partial charge in [0, 0.05) is 24.3 Å². The number of nitrogens with zero attached hydrogens (tertiary/aromatic N) is 1. The maximum absolute atomic E-state index is 13.3. The van der Waals surface area contributed by atoms with Crippen molar-refractivity contribution < 1.29 is 4.39 Å². The van der Waals surface area contributed by atoms with E-state index in [1.165, 1.54) is 6.07 Å². The van der Waals surface area contributed by atoms with Gasteiger partial charge in [0.05, 0.1) is 0 Å². The van der Waals surface area contributed by atoms with E-state index >= 15 is 0 Å². The monoisotopic (exact) mass is 288 g/mol. The van der Waals surface area contributed by atoms with Crippen LogP contribution in [0.4, 0.5) is 10.1 Å². The molecule has 2 aromatic rings. The number of anilines is 1. The molecule has 20 heavy (non-hydrogen) atoms. The number of nitrogens with two attached hydrogens (primary N) is 1. The molecule has 0 aliphatic rings. The lowest BCUT2D eigenvalue weighted by Crippen LogP contribution is -2.22. The van der Waals surface area contributed by atoms with Crippen molar-refractivity contribution >= 4 is 22.9 Å². The molecule has 0 bridgehead atoms. The van der Waals surface area contributed by atoms with Gasteiger partial charge in [0.25, 0.3) is 0 Å². The fraction of sp³-hybridized carbons (Fsp3) is 0.188. The molecule has 0 heterocycles. The highest BCUT2D eigenvalue weighted by Crippen LogP contribution is 2.18. The zero-order valence-electron chi connectivity index (χ0n) is 11.3. The SMILES string of the molecule is CCN(Cc1ccc(C(N)=S)cc1)c1cccc(F)c1. The van der Waals surface area contributed by atoms with Gasteiger partial charge in [-0.1, -0.05) is 42.5 Å². The van der Waals surface area contributed by atoms with Crippen molar-refractivity contribution in [2.75, 3.05) is 11.4 Å². The highest BCUT2D eigenvalue weighted by atomic mass is 32.1. The summed E-state index contributed by atoms with van der Waals surface area (Å²) in [5, 5.41) is 0. The lowest BCUT2D eigenvalue weighted by molar-refractivity contribution is 0.626. The fourth-order valence-corrected chi connectivity index (χ4v) is 2.19. The Hall–Kier alpha value is -1.94. The summed E-state index contributed by atoms with van der Waals surface area (Å²) in [5.74, 6) is -0.218. The van der Waals surface area contributed by atoms with Crippen LogP contribution in [0.25, 0.3) is 0 Å². The smallest absolute Gasteiger partial charge is 0.125 e. The lowest BCUT2D eigenvalue weighted by atomic mass is 10.1. The molecule has 0 fully saturated rings. The first-order chi connectivity index (χ1) is 9.60. The van der Waals surface area contributed by atoms with Crippen LogP contribution in [0.15, 0.2) is 48.5 Å². The van der Waals surface area contributed by atoms with E-state index in [2.05, 4.69) is 4.90 Å². The third-order valence-electron chi connectivity index (χ3n) is 3.17. The molecule has 2 nitrogen and oxygen atoms in total. The van der Waals surface area contributed by atoms with Crippen molar-refractivity contribution in [3.8, 4) is 0 Å². The molecule has 0 saturated heterocycles. The van der Waals surface area contributed by atoms with Crippen LogP contribution < -0.4 is 10.6 Å². The van der Waals surface area contributed by atoms with E-state index < -0.39 is 0 Å². The van der Waals surface area contributed by atoms with E-state index in [9.17, 15) is 4.39 Å². The van der Waals surface area contributed by atoms with Crippen molar-refractivity contribution in [2.24, 2.45) is 5.73 Å². The van der Waals surface area contributed by atoms with Gasteiger partial charge >= 0.3 is 0 Å². The van der Waals surface area contributed by atoms with E-state index in [1.807, 2.05) is 37.3 Å². The van der Waals surface area contributed by atoms with Crippen LogP contribution in [0.3, 0.4) is 0 Å². The van der Waals surface area contributed by atoms with E-state index in [0.717, 1.165) is 29.9 Å². The summed E-state index contributed by atoms with van der Waals surface area (Å²) in [4.78, 5) is 2.51. The van der Waals surface area contributed by atoms with Crippen LogP contribution in [0.1, 0.15) is 18.1 Å². The average Bonchev–Trinajstić information content (AvgIpc) is 2.45. The first kappa shape index (κ1) is 14.5. The van der Waals surface area contributed by atoms with E-state index in [4.69, 9.17) is 18.0 Å². The Morgan fingerprint density at radius 1 is 1.20 bits per heavy atom. The number of rotatable bonds is 5. The molecule has 0 aliphatic carbocycles. The van der Waals surface area contributed by atoms with Gasteiger partial charge in [-0.15, -0.1) is 0 Å². The first-order valence-electron chi connectivity index (χ1n) is 6.49. The molecule has 104 valence electrons. The van der Waals surface area contributed by atoms with Crippen molar-refractivity contribution in [2.45, 2.75) is 13.5 Å². The van der Waals surface area contributed by atoms with Crippen LogP contribution >= 0.6 is 12.2 Å². The Labute approximate surface area is 124 Å². The molecule has 0 saturated carbocycles. The molecule has 2 aromatic carbocycles. The molecule has 2 rings (SSSR count). The minimum absolute atomic E-state index is 0.218. The number of hydrogen-bond acceptors (Lipinski definition) is 2. The van der Waals surface area contributed by atoms with Gasteiger partial charge in [0.2, 0.25) is 0 Å². The van der Waals surface area contributed by atoms with Crippen LogP contribution in [-0.2, 0) is 6.54 Å². The molecule has 0 aliphatic heterocycles. The zero-order valence-corrected chi connectivity index (χ0v) is 12.2. The second kappa shape index (κ2) is 6.48. The van der Waals surface area contributed by atoms with Crippen LogP contribution in [0.5, 0.6) is 0 Å². The number of benzene rings is 2. The summed E-state index contributed by atoms with van der Waals surface area (Å²) < 4.78 is 13.3. The number of thiocarbonyl (C=S) groups is 1. The summed E-state index contributed by atoms with van der Waals surface area (Å²) in [5.41, 5.74) is 8.45. The average molecular weight is 288 g/mol. The fourth-order valence-electron chi connectivity index (χ4n) is 2.05. The molecular weight excluding hydrogens is 271 g/mol. The Balaban J connectivity index is 2.16. The molecule has 0 atom stereocenters. The Kier molecular flexibility index (Phi) is 4.69. The Bertz CT molecular complexity index is 596. The highest BCUT2D eigenvalue weighted by Gasteiger charge is 2.06. The summed E-state index contributed by atoms with van der Waals surface area (Å²) >= 11 is 4.93. The molecule has 0 amide bonds. The van der Waals surface area contributed by atoms with Gasteiger partial charge < -0.3 is 10.6 Å². The van der Waals surface area contributed by atoms with Crippen molar-refractivity contribution in [3.63, 3.8) is 0 Å². The molecule has 4 heteroatoms. The number of halogens is 1. The molecule has 2 N–H and O–H groups in total. The van der Waals surface area contributed by atoms with Gasteiger partial charge in [0.1, 0.15) is 10.8 Å². The minimum atomic E-state index is -0.218. The lowest BCUT2D eigenvalue weighted by Gasteiger charge is -2.23. The van der Waals surface area contributed by atoms with E-state index in [1.54, 1.807) is 12.1 Å². The van der Waals surface area contributed by atoms with Gasteiger partial charge in [-0.2, -0.15) is 0 Å². The normalized spacial score (nSPS) is 10.3. The molecule has 0 aromatic heterocycles. The van der Waals surface area contributed by atoms with Gasteiger partial charge in [-0.05, 0) is 30.7 Å². The summed E-state index contributed by atoms with van der Waals surface area (Å²) in [6, 6.07) is 14.5. The predicted octanol–water partition coefficient (Wildman–Crippen LogP) is 3.49. The predicted molar refractivity (Wildman–Crippen MR) is 85.5 cm³/mol. The van der Waals surface area contributed by atoms with Gasteiger partial charge in [-0.25, -0.2) is 4.39 Å². The summed E-state index contributed by atoms with van der Waals surface area (Å²) in [6.07, 6.45) is 0. The van der Waals surface area contributed by atoms with Gasteiger partial charge in [-0.3, -0.25) is 0 Å². The number of hydrogen-bond donors (Lipinski definition) is 1. The highest BCUT2D eigenvalue weighted by molar-refractivity contribution is 7.80. The molecule has 0 spiro atoms. The summed E-state index contributed by atoms with van der Waals surface area (Å²) in [6.45, 7) is 3.58.